The maximum absolute atomic E-state index is 12.0. The van der Waals surface area contributed by atoms with Crippen molar-refractivity contribution in [2.45, 2.75) is 18.4 Å². The Bertz CT molecular complexity index is 669. The van der Waals surface area contributed by atoms with E-state index in [9.17, 15) is 8.42 Å². The molecule has 0 aliphatic rings. The summed E-state index contributed by atoms with van der Waals surface area (Å²) in [6.45, 7) is 1.88. The number of pyridine rings is 1. The first-order chi connectivity index (χ1) is 8.97. The molecule has 2 aromatic rings. The maximum Gasteiger partial charge on any atom is 0.297 e. The Morgan fingerprint density at radius 2 is 1.89 bits per heavy atom. The second kappa shape index (κ2) is 5.81. The molecule has 0 saturated heterocycles. The van der Waals surface area contributed by atoms with Gasteiger partial charge in [-0.3, -0.25) is 4.18 Å². The molecular formula is C13H12BrNO3S. The van der Waals surface area contributed by atoms with Crippen molar-refractivity contribution in [1.29, 1.82) is 0 Å². The van der Waals surface area contributed by atoms with Crippen molar-refractivity contribution < 1.29 is 12.6 Å². The van der Waals surface area contributed by atoms with Crippen LogP contribution in [0.15, 0.2) is 52.1 Å². The smallest absolute Gasteiger partial charge is 0.262 e. The third-order valence-electron chi connectivity index (χ3n) is 2.48. The van der Waals surface area contributed by atoms with E-state index in [0.29, 0.717) is 4.60 Å². The molecule has 1 heterocycles. The van der Waals surface area contributed by atoms with Gasteiger partial charge >= 0.3 is 0 Å². The van der Waals surface area contributed by atoms with E-state index in [4.69, 9.17) is 4.18 Å². The van der Waals surface area contributed by atoms with E-state index in [2.05, 4.69) is 20.9 Å². The van der Waals surface area contributed by atoms with Gasteiger partial charge in [-0.25, -0.2) is 4.98 Å². The minimum atomic E-state index is -3.72. The minimum absolute atomic E-state index is 0.0165. The van der Waals surface area contributed by atoms with E-state index < -0.39 is 10.1 Å². The molecule has 0 aliphatic heterocycles. The number of aromatic nitrogens is 1. The van der Waals surface area contributed by atoms with Gasteiger partial charge in [-0.1, -0.05) is 17.7 Å². The van der Waals surface area contributed by atoms with Crippen molar-refractivity contribution >= 4 is 26.0 Å². The average molecular weight is 342 g/mol. The van der Waals surface area contributed by atoms with Crippen LogP contribution in [0.1, 0.15) is 11.1 Å². The number of nitrogens with zero attached hydrogens (tertiary/aromatic N) is 1. The monoisotopic (exact) mass is 341 g/mol. The van der Waals surface area contributed by atoms with Gasteiger partial charge in [-0.15, -0.1) is 0 Å². The summed E-state index contributed by atoms with van der Waals surface area (Å²) in [6.07, 6.45) is 1.58. The Morgan fingerprint density at radius 1 is 1.21 bits per heavy atom. The third-order valence-corrected chi connectivity index (χ3v) is 4.19. The summed E-state index contributed by atoms with van der Waals surface area (Å²) in [5.41, 5.74) is 1.73. The topological polar surface area (TPSA) is 56.3 Å². The molecule has 0 atom stereocenters. The SMILES string of the molecule is Cc1ccc(S(=O)(=O)OCc2ccnc(Br)c2)cc1. The van der Waals surface area contributed by atoms with Crippen molar-refractivity contribution in [3.05, 3.63) is 58.3 Å². The first-order valence-corrected chi connectivity index (χ1v) is 7.74. The number of benzene rings is 1. The minimum Gasteiger partial charge on any atom is -0.262 e. The molecule has 0 radical (unpaired) electrons. The van der Waals surface area contributed by atoms with Crippen LogP contribution in [0.3, 0.4) is 0 Å². The molecule has 1 aromatic heterocycles. The summed E-state index contributed by atoms with van der Waals surface area (Å²) < 4.78 is 29.6. The Balaban J connectivity index is 2.12. The van der Waals surface area contributed by atoms with Crippen molar-refractivity contribution in [1.82, 2.24) is 4.98 Å². The lowest BCUT2D eigenvalue weighted by molar-refractivity contribution is 0.308. The standard InChI is InChI=1S/C13H12BrNO3S/c1-10-2-4-12(5-3-10)19(16,17)18-9-11-6-7-15-13(14)8-11/h2-8H,9H2,1H3. The van der Waals surface area contributed by atoms with Crippen LogP contribution in [0.4, 0.5) is 0 Å². The fourth-order valence-corrected chi connectivity index (χ4v) is 2.76. The van der Waals surface area contributed by atoms with Crippen LogP contribution in [0.25, 0.3) is 0 Å². The second-order valence-electron chi connectivity index (χ2n) is 4.02. The van der Waals surface area contributed by atoms with Crippen molar-refractivity contribution in [2.24, 2.45) is 0 Å². The number of halogens is 1. The molecule has 0 fully saturated rings. The largest absolute Gasteiger partial charge is 0.297 e. The first kappa shape index (κ1) is 14.2. The van der Waals surface area contributed by atoms with Gasteiger partial charge in [0, 0.05) is 6.20 Å². The molecule has 2 rings (SSSR count). The highest BCUT2D eigenvalue weighted by Crippen LogP contribution is 2.16. The molecule has 6 heteroatoms. The first-order valence-electron chi connectivity index (χ1n) is 5.54. The molecule has 0 spiro atoms. The quantitative estimate of drug-likeness (QED) is 0.633. The fourth-order valence-electron chi connectivity index (χ4n) is 1.45. The maximum atomic E-state index is 12.0. The Kier molecular flexibility index (Phi) is 4.34. The summed E-state index contributed by atoms with van der Waals surface area (Å²) in [4.78, 5) is 4.12. The lowest BCUT2D eigenvalue weighted by atomic mass is 10.2. The van der Waals surface area contributed by atoms with Crippen LogP contribution in [0.2, 0.25) is 0 Å². The lowest BCUT2D eigenvalue weighted by Crippen LogP contribution is -2.06. The predicted molar refractivity (Wildman–Crippen MR) is 75.1 cm³/mol. The number of rotatable bonds is 4. The highest BCUT2D eigenvalue weighted by atomic mass is 79.9. The van der Waals surface area contributed by atoms with Gasteiger partial charge in [0.15, 0.2) is 0 Å². The van der Waals surface area contributed by atoms with E-state index >= 15 is 0 Å². The number of aryl methyl sites for hydroxylation is 1. The molecule has 0 unspecified atom stereocenters. The Hall–Kier alpha value is -1.24. The molecule has 0 saturated carbocycles. The van der Waals surface area contributed by atoms with Gasteiger partial charge in [0.1, 0.15) is 4.60 Å². The van der Waals surface area contributed by atoms with Gasteiger partial charge in [0.05, 0.1) is 11.5 Å². The van der Waals surface area contributed by atoms with E-state index in [1.54, 1.807) is 30.5 Å². The van der Waals surface area contributed by atoms with Crippen molar-refractivity contribution in [3.63, 3.8) is 0 Å². The predicted octanol–water partition coefficient (Wildman–Crippen LogP) is 3.06. The zero-order valence-electron chi connectivity index (χ0n) is 10.2. The second-order valence-corrected chi connectivity index (χ2v) is 6.44. The molecule has 0 bridgehead atoms. The van der Waals surface area contributed by atoms with E-state index in [-0.39, 0.29) is 11.5 Å². The van der Waals surface area contributed by atoms with Crippen LogP contribution in [-0.2, 0) is 20.9 Å². The number of hydrogen-bond donors (Lipinski definition) is 0. The van der Waals surface area contributed by atoms with Crippen LogP contribution < -0.4 is 0 Å². The lowest BCUT2D eigenvalue weighted by Gasteiger charge is -2.06. The fraction of sp³-hybridized carbons (Fsp3) is 0.154. The molecule has 100 valence electrons. The average Bonchev–Trinajstić information content (AvgIpc) is 2.37. The summed E-state index contributed by atoms with van der Waals surface area (Å²) >= 11 is 3.22. The van der Waals surface area contributed by atoms with Gasteiger partial charge in [-0.2, -0.15) is 8.42 Å². The van der Waals surface area contributed by atoms with Crippen LogP contribution in [0, 0.1) is 6.92 Å². The Labute approximate surface area is 120 Å². The van der Waals surface area contributed by atoms with Gasteiger partial charge in [-0.05, 0) is 52.7 Å². The summed E-state index contributed by atoms with van der Waals surface area (Å²) in [7, 11) is -3.72. The van der Waals surface area contributed by atoms with E-state index in [1.807, 2.05) is 6.92 Å². The molecule has 4 nitrogen and oxygen atoms in total. The van der Waals surface area contributed by atoms with E-state index in [0.717, 1.165) is 11.1 Å². The molecule has 19 heavy (non-hydrogen) atoms. The summed E-state index contributed by atoms with van der Waals surface area (Å²) in [5.74, 6) is 0. The van der Waals surface area contributed by atoms with Gasteiger partial charge < -0.3 is 0 Å². The molecule has 0 aliphatic carbocycles. The Morgan fingerprint density at radius 3 is 2.53 bits per heavy atom. The number of hydrogen-bond acceptors (Lipinski definition) is 4. The summed E-state index contributed by atoms with van der Waals surface area (Å²) in [6, 6.07) is 9.96. The van der Waals surface area contributed by atoms with Gasteiger partial charge in [0.25, 0.3) is 10.1 Å². The van der Waals surface area contributed by atoms with Crippen LogP contribution >= 0.6 is 15.9 Å². The molecule has 1 aromatic carbocycles. The van der Waals surface area contributed by atoms with Crippen LogP contribution in [-0.4, -0.2) is 13.4 Å². The van der Waals surface area contributed by atoms with Gasteiger partial charge in [0.2, 0.25) is 0 Å². The molecule has 0 N–H and O–H groups in total. The zero-order chi connectivity index (χ0) is 13.9. The third kappa shape index (κ3) is 3.86. The van der Waals surface area contributed by atoms with E-state index in [1.165, 1.54) is 12.1 Å². The zero-order valence-corrected chi connectivity index (χ0v) is 12.6. The molecular weight excluding hydrogens is 330 g/mol. The van der Waals surface area contributed by atoms with Crippen molar-refractivity contribution in [2.75, 3.05) is 0 Å². The van der Waals surface area contributed by atoms with Crippen molar-refractivity contribution in [3.8, 4) is 0 Å². The molecule has 0 amide bonds. The summed E-state index contributed by atoms with van der Waals surface area (Å²) in [5, 5.41) is 0. The highest BCUT2D eigenvalue weighted by Gasteiger charge is 2.14. The highest BCUT2D eigenvalue weighted by molar-refractivity contribution is 9.10. The van der Waals surface area contributed by atoms with Crippen LogP contribution in [0.5, 0.6) is 0 Å². The normalized spacial score (nSPS) is 11.5.